The quantitative estimate of drug-likeness (QED) is 0.795. The Hall–Kier alpha value is -1.00. The van der Waals surface area contributed by atoms with Crippen molar-refractivity contribution in [2.24, 2.45) is 0 Å². The van der Waals surface area contributed by atoms with Gasteiger partial charge in [0.15, 0.2) is 0 Å². The molecular weight excluding hydrogens is 216 g/mol. The van der Waals surface area contributed by atoms with Crippen LogP contribution in [0.2, 0.25) is 0 Å². The predicted octanol–water partition coefficient (Wildman–Crippen LogP) is 3.32. The molecule has 1 N–H and O–H groups in total. The third-order valence-electron chi connectivity index (χ3n) is 2.00. The highest BCUT2D eigenvalue weighted by Crippen LogP contribution is 2.32. The number of carboxylic acid groups (broad SMARTS) is 1. The fourth-order valence-corrected chi connectivity index (χ4v) is 3.08. The number of thioether (sulfide) groups is 1. The Kier molecular flexibility index (Phi) is 2.48. The monoisotopic (exact) mass is 224 g/mol. The molecular formula is C10H8O2S2. The summed E-state index contributed by atoms with van der Waals surface area (Å²) in [5.74, 6) is -0.870. The Morgan fingerprint density at radius 2 is 2.29 bits per heavy atom. The van der Waals surface area contributed by atoms with Crippen molar-refractivity contribution in [2.75, 3.05) is 6.26 Å². The van der Waals surface area contributed by atoms with E-state index in [9.17, 15) is 4.79 Å². The highest BCUT2D eigenvalue weighted by atomic mass is 32.2. The van der Waals surface area contributed by atoms with E-state index in [0.717, 1.165) is 15.0 Å². The summed E-state index contributed by atoms with van der Waals surface area (Å²) in [7, 11) is 0. The topological polar surface area (TPSA) is 37.3 Å². The van der Waals surface area contributed by atoms with Crippen LogP contribution in [-0.2, 0) is 0 Å². The van der Waals surface area contributed by atoms with Crippen LogP contribution in [-0.4, -0.2) is 17.3 Å². The molecule has 0 amide bonds. The largest absolute Gasteiger partial charge is 0.478 e. The molecule has 1 aromatic carbocycles. The standard InChI is InChI=1S/C10H8O2S2/c1-13-9-5-14-8-3-2-6(10(11)12)4-7(8)9/h2-5H,1H3,(H,11,12). The van der Waals surface area contributed by atoms with Gasteiger partial charge in [-0.25, -0.2) is 4.79 Å². The van der Waals surface area contributed by atoms with Crippen molar-refractivity contribution in [3.63, 3.8) is 0 Å². The SMILES string of the molecule is CSc1csc2ccc(C(=O)O)cc12. The lowest BCUT2D eigenvalue weighted by Gasteiger charge is -1.96. The smallest absolute Gasteiger partial charge is 0.335 e. The maximum atomic E-state index is 10.8. The number of hydrogen-bond acceptors (Lipinski definition) is 3. The van der Waals surface area contributed by atoms with Crippen molar-refractivity contribution in [3.8, 4) is 0 Å². The maximum Gasteiger partial charge on any atom is 0.335 e. The molecule has 0 fully saturated rings. The van der Waals surface area contributed by atoms with Gasteiger partial charge in [-0.3, -0.25) is 0 Å². The van der Waals surface area contributed by atoms with E-state index >= 15 is 0 Å². The van der Waals surface area contributed by atoms with E-state index in [0.29, 0.717) is 5.56 Å². The van der Waals surface area contributed by atoms with Crippen molar-refractivity contribution in [2.45, 2.75) is 4.90 Å². The van der Waals surface area contributed by atoms with E-state index < -0.39 is 5.97 Å². The molecule has 0 aliphatic rings. The van der Waals surface area contributed by atoms with Crippen LogP contribution < -0.4 is 0 Å². The average molecular weight is 224 g/mol. The number of benzene rings is 1. The molecule has 2 aromatic rings. The fraction of sp³-hybridized carbons (Fsp3) is 0.100. The lowest BCUT2D eigenvalue weighted by molar-refractivity contribution is 0.0697. The van der Waals surface area contributed by atoms with Crippen LogP contribution in [0.1, 0.15) is 10.4 Å². The van der Waals surface area contributed by atoms with Crippen LogP contribution in [0.5, 0.6) is 0 Å². The van der Waals surface area contributed by atoms with Gasteiger partial charge < -0.3 is 5.11 Å². The Morgan fingerprint density at radius 1 is 1.50 bits per heavy atom. The first-order valence-corrected chi connectivity index (χ1v) is 6.11. The third-order valence-corrected chi connectivity index (χ3v) is 3.90. The molecule has 0 radical (unpaired) electrons. The molecule has 2 nitrogen and oxygen atoms in total. The summed E-state index contributed by atoms with van der Waals surface area (Å²) in [5.41, 5.74) is 0.353. The maximum absolute atomic E-state index is 10.8. The minimum atomic E-state index is -0.870. The van der Waals surface area contributed by atoms with Gasteiger partial charge in [0.2, 0.25) is 0 Å². The number of thiophene rings is 1. The normalized spacial score (nSPS) is 10.6. The molecule has 0 atom stereocenters. The predicted molar refractivity (Wildman–Crippen MR) is 60.6 cm³/mol. The van der Waals surface area contributed by atoms with Crippen molar-refractivity contribution < 1.29 is 9.90 Å². The van der Waals surface area contributed by atoms with Crippen LogP contribution in [0.25, 0.3) is 10.1 Å². The van der Waals surface area contributed by atoms with Crippen LogP contribution in [0, 0.1) is 0 Å². The lowest BCUT2D eigenvalue weighted by Crippen LogP contribution is -1.94. The zero-order valence-corrected chi connectivity index (χ0v) is 9.11. The van der Waals surface area contributed by atoms with E-state index in [1.54, 1.807) is 35.2 Å². The van der Waals surface area contributed by atoms with Crippen molar-refractivity contribution in [1.82, 2.24) is 0 Å². The van der Waals surface area contributed by atoms with Gasteiger partial charge in [0, 0.05) is 20.4 Å². The van der Waals surface area contributed by atoms with Gasteiger partial charge in [-0.2, -0.15) is 0 Å². The zero-order chi connectivity index (χ0) is 10.1. The Labute approximate surface area is 89.6 Å². The molecule has 0 spiro atoms. The number of carbonyl (C=O) groups is 1. The van der Waals surface area contributed by atoms with E-state index in [4.69, 9.17) is 5.11 Å². The van der Waals surface area contributed by atoms with Gasteiger partial charge in [-0.05, 0) is 24.5 Å². The Balaban J connectivity index is 2.67. The summed E-state index contributed by atoms with van der Waals surface area (Å²) < 4.78 is 1.14. The molecule has 0 aliphatic carbocycles. The third kappa shape index (κ3) is 1.51. The van der Waals surface area contributed by atoms with Gasteiger partial charge in [0.25, 0.3) is 0 Å². The van der Waals surface area contributed by atoms with Crippen molar-refractivity contribution >= 4 is 39.2 Å². The fourth-order valence-electron chi connectivity index (χ4n) is 1.30. The lowest BCUT2D eigenvalue weighted by atomic mass is 10.2. The highest BCUT2D eigenvalue weighted by molar-refractivity contribution is 7.99. The second kappa shape index (κ2) is 3.63. The highest BCUT2D eigenvalue weighted by Gasteiger charge is 2.07. The molecule has 14 heavy (non-hydrogen) atoms. The summed E-state index contributed by atoms with van der Waals surface area (Å²) in [5, 5.41) is 11.9. The van der Waals surface area contributed by atoms with Gasteiger partial charge in [-0.15, -0.1) is 23.1 Å². The number of hydrogen-bond donors (Lipinski definition) is 1. The molecule has 0 bridgehead atoms. The molecule has 0 aliphatic heterocycles. The minimum absolute atomic E-state index is 0.353. The molecule has 72 valence electrons. The van der Waals surface area contributed by atoms with Crippen LogP contribution >= 0.6 is 23.1 Å². The molecule has 1 aromatic heterocycles. The van der Waals surface area contributed by atoms with Gasteiger partial charge in [0.1, 0.15) is 0 Å². The second-order valence-electron chi connectivity index (χ2n) is 2.82. The first-order valence-electron chi connectivity index (χ1n) is 4.01. The minimum Gasteiger partial charge on any atom is -0.478 e. The van der Waals surface area contributed by atoms with E-state index in [1.165, 1.54) is 0 Å². The van der Waals surface area contributed by atoms with Crippen LogP contribution in [0.15, 0.2) is 28.5 Å². The first-order chi connectivity index (χ1) is 6.72. The van der Waals surface area contributed by atoms with E-state index in [-0.39, 0.29) is 0 Å². The summed E-state index contributed by atoms with van der Waals surface area (Å²) >= 11 is 3.29. The van der Waals surface area contributed by atoms with E-state index in [2.05, 4.69) is 5.38 Å². The number of rotatable bonds is 2. The summed E-state index contributed by atoms with van der Waals surface area (Å²) in [4.78, 5) is 11.9. The van der Waals surface area contributed by atoms with Crippen LogP contribution in [0.4, 0.5) is 0 Å². The first kappa shape index (κ1) is 9.55. The average Bonchev–Trinajstić information content (AvgIpc) is 2.59. The van der Waals surface area contributed by atoms with Gasteiger partial charge in [-0.1, -0.05) is 0 Å². The van der Waals surface area contributed by atoms with Gasteiger partial charge >= 0.3 is 5.97 Å². The zero-order valence-electron chi connectivity index (χ0n) is 7.48. The van der Waals surface area contributed by atoms with E-state index in [1.807, 2.05) is 12.3 Å². The molecule has 0 saturated carbocycles. The summed E-state index contributed by atoms with van der Waals surface area (Å²) in [6, 6.07) is 5.24. The summed E-state index contributed by atoms with van der Waals surface area (Å²) in [6.45, 7) is 0. The summed E-state index contributed by atoms with van der Waals surface area (Å²) in [6.07, 6.45) is 1.99. The van der Waals surface area contributed by atoms with Crippen molar-refractivity contribution in [1.29, 1.82) is 0 Å². The molecule has 1 heterocycles. The Morgan fingerprint density at radius 3 is 2.93 bits per heavy atom. The number of carboxylic acids is 1. The molecule has 4 heteroatoms. The molecule has 0 unspecified atom stereocenters. The molecule has 2 rings (SSSR count). The molecule has 0 saturated heterocycles. The van der Waals surface area contributed by atoms with Crippen LogP contribution in [0.3, 0.4) is 0 Å². The number of aromatic carboxylic acids is 1. The van der Waals surface area contributed by atoms with Crippen molar-refractivity contribution in [3.05, 3.63) is 29.1 Å². The van der Waals surface area contributed by atoms with Gasteiger partial charge in [0.05, 0.1) is 5.56 Å². The second-order valence-corrected chi connectivity index (χ2v) is 4.58. The number of fused-ring (bicyclic) bond motifs is 1. The Bertz CT molecular complexity index is 488.